The van der Waals surface area contributed by atoms with Gasteiger partial charge in [-0.1, -0.05) is 13.0 Å². The number of anilines is 1. The maximum absolute atomic E-state index is 5.69. The number of pyridine rings is 1. The zero-order chi connectivity index (χ0) is 10.7. The molecule has 0 radical (unpaired) electrons. The van der Waals surface area contributed by atoms with Crippen molar-refractivity contribution in [2.45, 2.75) is 13.3 Å². The van der Waals surface area contributed by atoms with E-state index >= 15 is 0 Å². The molecule has 15 heavy (non-hydrogen) atoms. The van der Waals surface area contributed by atoms with E-state index in [1.807, 2.05) is 25.1 Å². The van der Waals surface area contributed by atoms with E-state index in [9.17, 15) is 0 Å². The van der Waals surface area contributed by atoms with Crippen LogP contribution in [0.15, 0.2) is 30.5 Å². The lowest BCUT2D eigenvalue weighted by Gasteiger charge is -2.03. The fraction of sp³-hybridized carbons (Fsp3) is 0.182. The van der Waals surface area contributed by atoms with E-state index in [1.165, 1.54) is 0 Å². The number of nitrogens with two attached hydrogens (primary N) is 1. The molecule has 4 heteroatoms. The number of hydrogen-bond acceptors (Lipinski definition) is 4. The molecule has 0 saturated heterocycles. The first-order chi connectivity index (χ1) is 7.29. The van der Waals surface area contributed by atoms with Gasteiger partial charge in [0.15, 0.2) is 0 Å². The van der Waals surface area contributed by atoms with Gasteiger partial charge in [0.1, 0.15) is 11.6 Å². The lowest BCUT2D eigenvalue weighted by Crippen LogP contribution is -2.00. The summed E-state index contributed by atoms with van der Waals surface area (Å²) in [6.07, 6.45) is 2.50. The van der Waals surface area contributed by atoms with Crippen LogP contribution in [-0.4, -0.2) is 15.0 Å². The fourth-order valence-electron chi connectivity index (χ4n) is 1.32. The van der Waals surface area contributed by atoms with Crippen molar-refractivity contribution in [2.24, 2.45) is 0 Å². The third kappa shape index (κ3) is 2.10. The molecule has 0 unspecified atom stereocenters. The van der Waals surface area contributed by atoms with E-state index in [0.717, 1.165) is 23.6 Å². The van der Waals surface area contributed by atoms with Crippen LogP contribution in [-0.2, 0) is 6.42 Å². The maximum Gasteiger partial charge on any atom is 0.131 e. The van der Waals surface area contributed by atoms with Crippen molar-refractivity contribution in [1.82, 2.24) is 15.0 Å². The van der Waals surface area contributed by atoms with Crippen molar-refractivity contribution in [3.05, 3.63) is 36.3 Å². The summed E-state index contributed by atoms with van der Waals surface area (Å²) in [5.74, 6) is 1.23. The van der Waals surface area contributed by atoms with Crippen LogP contribution < -0.4 is 5.73 Å². The Morgan fingerprint density at radius 2 is 2.07 bits per heavy atom. The Bertz CT molecular complexity index is 453. The first-order valence-electron chi connectivity index (χ1n) is 4.84. The van der Waals surface area contributed by atoms with Crippen LogP contribution in [0.1, 0.15) is 12.7 Å². The number of hydrogen-bond donors (Lipinski definition) is 1. The smallest absolute Gasteiger partial charge is 0.131 e. The van der Waals surface area contributed by atoms with E-state index in [4.69, 9.17) is 5.73 Å². The molecule has 2 aromatic rings. The third-order valence-electron chi connectivity index (χ3n) is 2.04. The van der Waals surface area contributed by atoms with Crippen LogP contribution in [0.4, 0.5) is 5.82 Å². The Morgan fingerprint density at radius 1 is 1.20 bits per heavy atom. The zero-order valence-corrected chi connectivity index (χ0v) is 8.51. The number of aryl methyl sites for hydroxylation is 1. The van der Waals surface area contributed by atoms with E-state index in [2.05, 4.69) is 15.0 Å². The van der Waals surface area contributed by atoms with Crippen LogP contribution in [0.5, 0.6) is 0 Å². The second kappa shape index (κ2) is 4.04. The molecule has 0 fully saturated rings. The molecule has 0 aromatic carbocycles. The van der Waals surface area contributed by atoms with Gasteiger partial charge in [0, 0.05) is 18.7 Å². The van der Waals surface area contributed by atoms with Crippen molar-refractivity contribution in [2.75, 3.05) is 5.73 Å². The summed E-state index contributed by atoms with van der Waals surface area (Å²) < 4.78 is 0. The minimum Gasteiger partial charge on any atom is -0.384 e. The fourth-order valence-corrected chi connectivity index (χ4v) is 1.32. The average Bonchev–Trinajstić information content (AvgIpc) is 2.29. The molecule has 2 aromatic heterocycles. The molecule has 0 spiro atoms. The minimum atomic E-state index is 0.488. The Kier molecular flexibility index (Phi) is 2.58. The van der Waals surface area contributed by atoms with Crippen LogP contribution in [0, 0.1) is 0 Å². The largest absolute Gasteiger partial charge is 0.384 e. The highest BCUT2D eigenvalue weighted by Crippen LogP contribution is 2.15. The molecule has 0 bridgehead atoms. The molecular weight excluding hydrogens is 188 g/mol. The molecule has 2 N–H and O–H groups in total. The lowest BCUT2D eigenvalue weighted by atomic mass is 10.2. The number of nitrogen functional groups attached to an aromatic ring is 1. The van der Waals surface area contributed by atoms with Crippen molar-refractivity contribution in [1.29, 1.82) is 0 Å². The molecule has 2 rings (SSSR count). The van der Waals surface area contributed by atoms with E-state index in [0.29, 0.717) is 5.82 Å². The highest BCUT2D eigenvalue weighted by molar-refractivity contribution is 5.57. The highest BCUT2D eigenvalue weighted by Gasteiger charge is 2.03. The second-order valence-electron chi connectivity index (χ2n) is 3.16. The van der Waals surface area contributed by atoms with Crippen LogP contribution in [0.2, 0.25) is 0 Å². The Labute approximate surface area is 88.2 Å². The predicted octanol–water partition coefficient (Wildman–Crippen LogP) is 1.68. The monoisotopic (exact) mass is 200 g/mol. The van der Waals surface area contributed by atoms with Gasteiger partial charge in [-0.05, 0) is 12.1 Å². The molecule has 0 saturated carbocycles. The van der Waals surface area contributed by atoms with Crippen LogP contribution in [0.25, 0.3) is 11.4 Å². The van der Waals surface area contributed by atoms with Crippen LogP contribution in [0.3, 0.4) is 0 Å². The number of aromatic nitrogens is 3. The lowest BCUT2D eigenvalue weighted by molar-refractivity contribution is 0.946. The van der Waals surface area contributed by atoms with E-state index < -0.39 is 0 Å². The quantitative estimate of drug-likeness (QED) is 0.801. The topological polar surface area (TPSA) is 64.7 Å². The molecule has 2 heterocycles. The van der Waals surface area contributed by atoms with Gasteiger partial charge in [-0.2, -0.15) is 0 Å². The zero-order valence-electron chi connectivity index (χ0n) is 8.51. The SMILES string of the molecule is CCc1nc(N)cc(-c2ccccn2)n1. The molecule has 4 nitrogen and oxygen atoms in total. The van der Waals surface area contributed by atoms with Crippen molar-refractivity contribution < 1.29 is 0 Å². The van der Waals surface area contributed by atoms with Gasteiger partial charge in [0.2, 0.25) is 0 Å². The third-order valence-corrected chi connectivity index (χ3v) is 2.04. The van der Waals surface area contributed by atoms with Crippen molar-refractivity contribution >= 4 is 5.82 Å². The first-order valence-corrected chi connectivity index (χ1v) is 4.84. The normalized spacial score (nSPS) is 10.2. The summed E-state index contributed by atoms with van der Waals surface area (Å²) >= 11 is 0. The van der Waals surface area contributed by atoms with Gasteiger partial charge in [-0.15, -0.1) is 0 Å². The van der Waals surface area contributed by atoms with Crippen molar-refractivity contribution in [3.63, 3.8) is 0 Å². The molecule has 0 aliphatic rings. The van der Waals surface area contributed by atoms with Gasteiger partial charge < -0.3 is 5.73 Å². The first kappa shape index (κ1) is 9.58. The number of rotatable bonds is 2. The second-order valence-corrected chi connectivity index (χ2v) is 3.16. The van der Waals surface area contributed by atoms with Gasteiger partial charge in [0.05, 0.1) is 11.4 Å². The summed E-state index contributed by atoms with van der Waals surface area (Å²) in [6, 6.07) is 7.43. The van der Waals surface area contributed by atoms with Gasteiger partial charge in [0.25, 0.3) is 0 Å². The molecule has 76 valence electrons. The molecule has 0 aliphatic heterocycles. The van der Waals surface area contributed by atoms with Gasteiger partial charge in [-0.3, -0.25) is 4.98 Å². The predicted molar refractivity (Wildman–Crippen MR) is 59.1 cm³/mol. The molecule has 0 aliphatic carbocycles. The average molecular weight is 200 g/mol. The van der Waals surface area contributed by atoms with Gasteiger partial charge in [-0.25, -0.2) is 9.97 Å². The summed E-state index contributed by atoms with van der Waals surface area (Å²) in [4.78, 5) is 12.7. The van der Waals surface area contributed by atoms with E-state index in [1.54, 1.807) is 12.3 Å². The Morgan fingerprint density at radius 3 is 2.73 bits per heavy atom. The van der Waals surface area contributed by atoms with Gasteiger partial charge >= 0.3 is 0 Å². The summed E-state index contributed by atoms with van der Waals surface area (Å²) in [5, 5.41) is 0. The number of nitrogens with zero attached hydrogens (tertiary/aromatic N) is 3. The highest BCUT2D eigenvalue weighted by atomic mass is 15.0. The van der Waals surface area contributed by atoms with E-state index in [-0.39, 0.29) is 0 Å². The Hall–Kier alpha value is -1.97. The summed E-state index contributed by atoms with van der Waals surface area (Å²) in [7, 11) is 0. The van der Waals surface area contributed by atoms with Crippen molar-refractivity contribution in [3.8, 4) is 11.4 Å². The summed E-state index contributed by atoms with van der Waals surface area (Å²) in [6.45, 7) is 2.00. The molecular formula is C11H12N4. The molecule has 0 amide bonds. The molecule has 0 atom stereocenters. The minimum absolute atomic E-state index is 0.488. The Balaban J connectivity index is 2.49. The maximum atomic E-state index is 5.69. The standard InChI is InChI=1S/C11H12N4/c1-2-11-14-9(7-10(12)15-11)8-5-3-4-6-13-8/h3-7H,2H2,1H3,(H2,12,14,15). The van der Waals surface area contributed by atoms with Crippen LogP contribution >= 0.6 is 0 Å². The summed E-state index contributed by atoms with van der Waals surface area (Å²) in [5.41, 5.74) is 7.29.